The molecule has 0 aliphatic carbocycles. The van der Waals surface area contributed by atoms with Gasteiger partial charge in [-0.2, -0.15) is 65.9 Å². The molecule has 38 heavy (non-hydrogen) atoms. The highest BCUT2D eigenvalue weighted by atomic mass is 19.4. The zero-order valence-corrected chi connectivity index (χ0v) is 19.0. The van der Waals surface area contributed by atoms with Crippen LogP contribution in [0.25, 0.3) is 0 Å². The summed E-state index contributed by atoms with van der Waals surface area (Å²) < 4.78 is 221. The Hall–Kier alpha value is -1.25. The molecule has 0 aromatic carbocycles. The Morgan fingerprint density at radius 1 is 0.395 bits per heavy atom. The minimum atomic E-state index is -8.31. The summed E-state index contributed by atoms with van der Waals surface area (Å²) in [6.45, 7) is -5.40. The second-order valence-electron chi connectivity index (χ2n) is 7.80. The molecule has 0 bridgehead atoms. The fourth-order valence-electron chi connectivity index (χ4n) is 2.80. The van der Waals surface area contributed by atoms with E-state index in [2.05, 4.69) is 0 Å². The number of ether oxygens (including phenoxy) is 4. The zero-order chi connectivity index (χ0) is 29.7. The fraction of sp³-hybridized carbons (Fsp3) is 1.00. The van der Waals surface area contributed by atoms with E-state index in [1.165, 1.54) is 0 Å². The van der Waals surface area contributed by atoms with Crippen molar-refractivity contribution in [2.75, 3.05) is 72.5 Å². The predicted octanol–water partition coefficient (Wildman–Crippen LogP) is 4.74. The first-order chi connectivity index (χ1) is 17.1. The SMILES string of the molecule is FC(F)(F)C(F)(F)C(F)(F)C(F)(F)C(F)(F)C(F)(F)C(F)(F)CN1CCOCCOCCOCCOCC1. The average molecular weight is 601 g/mol. The van der Waals surface area contributed by atoms with Gasteiger partial charge in [-0.15, -0.1) is 0 Å². The van der Waals surface area contributed by atoms with E-state index in [4.69, 9.17) is 18.9 Å². The molecule has 228 valence electrons. The van der Waals surface area contributed by atoms with E-state index < -0.39 is 74.6 Å². The molecule has 0 spiro atoms. The Labute approximate surface area is 205 Å². The van der Waals surface area contributed by atoms with Gasteiger partial charge in [0.05, 0.1) is 59.4 Å². The molecular weight excluding hydrogens is 579 g/mol. The third-order valence-corrected chi connectivity index (χ3v) is 5.03. The van der Waals surface area contributed by atoms with Gasteiger partial charge in [0, 0.05) is 13.1 Å². The summed E-state index contributed by atoms with van der Waals surface area (Å²) in [6, 6.07) is 0. The van der Waals surface area contributed by atoms with E-state index in [9.17, 15) is 65.9 Å². The molecule has 20 heteroatoms. The van der Waals surface area contributed by atoms with Gasteiger partial charge in [0.2, 0.25) is 0 Å². The van der Waals surface area contributed by atoms with Gasteiger partial charge in [-0.25, -0.2) is 0 Å². The number of rotatable bonds is 7. The van der Waals surface area contributed by atoms with Crippen LogP contribution < -0.4 is 0 Å². The molecule has 1 heterocycles. The highest BCUT2D eigenvalue weighted by Crippen LogP contribution is 2.62. The minimum absolute atomic E-state index is 0.0494. The van der Waals surface area contributed by atoms with Crippen molar-refractivity contribution in [2.24, 2.45) is 0 Å². The molecule has 1 saturated heterocycles. The lowest BCUT2D eigenvalue weighted by Gasteiger charge is -2.42. The van der Waals surface area contributed by atoms with Gasteiger partial charge in [0.15, 0.2) is 0 Å². The van der Waals surface area contributed by atoms with E-state index in [-0.39, 0.29) is 44.5 Å². The molecule has 0 aromatic rings. The molecule has 1 fully saturated rings. The van der Waals surface area contributed by atoms with Crippen LogP contribution in [0.3, 0.4) is 0 Å². The number of nitrogens with zero attached hydrogens (tertiary/aromatic N) is 1. The van der Waals surface area contributed by atoms with Crippen LogP contribution in [-0.4, -0.2) is 119 Å². The van der Waals surface area contributed by atoms with Crippen LogP contribution in [0.4, 0.5) is 65.9 Å². The Bertz CT molecular complexity index is 717. The number of hydrogen-bond donors (Lipinski definition) is 0. The average Bonchev–Trinajstić information content (AvgIpc) is 2.77. The van der Waals surface area contributed by atoms with Crippen LogP contribution in [0.15, 0.2) is 0 Å². The Morgan fingerprint density at radius 2 is 0.684 bits per heavy atom. The quantitative estimate of drug-likeness (QED) is 0.395. The van der Waals surface area contributed by atoms with Gasteiger partial charge >= 0.3 is 41.7 Å². The lowest BCUT2D eigenvalue weighted by Crippen LogP contribution is -2.73. The third kappa shape index (κ3) is 7.08. The van der Waals surface area contributed by atoms with Crippen molar-refractivity contribution in [3.63, 3.8) is 0 Å². The van der Waals surface area contributed by atoms with Crippen LogP contribution in [0.2, 0.25) is 0 Å². The van der Waals surface area contributed by atoms with Crippen molar-refractivity contribution in [3.8, 4) is 0 Å². The van der Waals surface area contributed by atoms with Crippen molar-refractivity contribution in [2.45, 2.75) is 41.7 Å². The molecule has 0 unspecified atom stereocenters. The molecule has 1 aliphatic rings. The number of alkyl halides is 15. The van der Waals surface area contributed by atoms with E-state index in [0.29, 0.717) is 0 Å². The van der Waals surface area contributed by atoms with E-state index in [0.717, 1.165) is 0 Å². The van der Waals surface area contributed by atoms with Crippen molar-refractivity contribution in [1.29, 1.82) is 0 Å². The summed E-state index contributed by atoms with van der Waals surface area (Å²) in [5.41, 5.74) is 0. The second kappa shape index (κ2) is 12.5. The normalized spacial score (nSPS) is 20.6. The van der Waals surface area contributed by atoms with E-state index in [1.54, 1.807) is 0 Å². The van der Waals surface area contributed by atoms with Gasteiger partial charge in [-0.3, -0.25) is 4.90 Å². The van der Waals surface area contributed by atoms with Crippen LogP contribution in [0, 0.1) is 0 Å². The zero-order valence-electron chi connectivity index (χ0n) is 19.0. The van der Waals surface area contributed by atoms with Crippen molar-refractivity contribution < 1.29 is 84.8 Å². The molecule has 0 radical (unpaired) electrons. The lowest BCUT2D eigenvalue weighted by molar-refractivity contribution is -0.452. The minimum Gasteiger partial charge on any atom is -0.378 e. The summed E-state index contributed by atoms with van der Waals surface area (Å²) in [7, 11) is 0. The Kier molecular flexibility index (Phi) is 11.4. The first-order valence-corrected chi connectivity index (χ1v) is 10.4. The highest BCUT2D eigenvalue weighted by Gasteiger charge is 2.93. The molecule has 0 atom stereocenters. The van der Waals surface area contributed by atoms with Crippen molar-refractivity contribution in [3.05, 3.63) is 0 Å². The van der Waals surface area contributed by atoms with Crippen LogP contribution in [0.1, 0.15) is 0 Å². The van der Waals surface area contributed by atoms with Gasteiger partial charge in [-0.1, -0.05) is 0 Å². The van der Waals surface area contributed by atoms with Gasteiger partial charge in [0.1, 0.15) is 0 Å². The summed E-state index contributed by atoms with van der Waals surface area (Å²) in [6.07, 6.45) is -7.64. The maximum absolute atomic E-state index is 14.3. The van der Waals surface area contributed by atoms with Crippen LogP contribution in [-0.2, 0) is 18.9 Å². The van der Waals surface area contributed by atoms with Gasteiger partial charge in [0.25, 0.3) is 0 Å². The standard InChI is InChI=1S/C18H22F15NO4/c19-12(20,11-34-1-3-35-5-7-37-9-10-38-8-6-36-4-2-34)13(21,22)14(23,24)15(25,26)16(27,28)17(29,30)18(31,32)33/h1-11H2. The topological polar surface area (TPSA) is 40.2 Å². The van der Waals surface area contributed by atoms with Crippen LogP contribution in [0.5, 0.6) is 0 Å². The van der Waals surface area contributed by atoms with Crippen molar-refractivity contribution >= 4 is 0 Å². The molecule has 1 rings (SSSR count). The summed E-state index contributed by atoms with van der Waals surface area (Å²) >= 11 is 0. The molecule has 5 nitrogen and oxygen atoms in total. The molecule has 0 amide bonds. The Morgan fingerprint density at radius 3 is 1.03 bits per heavy atom. The van der Waals surface area contributed by atoms with E-state index in [1.807, 2.05) is 0 Å². The smallest absolute Gasteiger partial charge is 0.378 e. The number of hydrogen-bond acceptors (Lipinski definition) is 5. The largest absolute Gasteiger partial charge is 0.460 e. The fourth-order valence-corrected chi connectivity index (χ4v) is 2.80. The molecular formula is C18H22F15NO4. The molecule has 0 aromatic heterocycles. The molecule has 0 N–H and O–H groups in total. The maximum Gasteiger partial charge on any atom is 0.460 e. The van der Waals surface area contributed by atoms with Crippen molar-refractivity contribution in [1.82, 2.24) is 4.90 Å². The van der Waals surface area contributed by atoms with Gasteiger partial charge < -0.3 is 18.9 Å². The van der Waals surface area contributed by atoms with Crippen LogP contribution >= 0.6 is 0 Å². The van der Waals surface area contributed by atoms with Gasteiger partial charge in [-0.05, 0) is 0 Å². The second-order valence-corrected chi connectivity index (χ2v) is 7.80. The first kappa shape index (κ1) is 34.8. The maximum atomic E-state index is 14.3. The highest BCUT2D eigenvalue weighted by molar-refractivity contribution is 5.13. The molecule has 1 aliphatic heterocycles. The third-order valence-electron chi connectivity index (χ3n) is 5.03. The predicted molar refractivity (Wildman–Crippen MR) is 95.5 cm³/mol. The first-order valence-electron chi connectivity index (χ1n) is 10.4. The summed E-state index contributed by atoms with van der Waals surface area (Å²) in [5, 5.41) is 0. The lowest BCUT2D eigenvalue weighted by atomic mass is 9.91. The molecule has 0 saturated carbocycles. The van der Waals surface area contributed by atoms with E-state index >= 15 is 0 Å². The summed E-state index contributed by atoms with van der Waals surface area (Å²) in [5.74, 6) is -46.6. The number of halogens is 15. The Balaban J connectivity index is 3.20. The summed E-state index contributed by atoms with van der Waals surface area (Å²) in [4.78, 5) is 0.214. The monoisotopic (exact) mass is 601 g/mol.